The molecular formula is C17H15ClN2O. The van der Waals surface area contributed by atoms with Crippen LogP contribution >= 0.6 is 11.6 Å². The average Bonchev–Trinajstić information content (AvgIpc) is 3.00. The number of carbonyl (C=O) groups is 1. The Morgan fingerprint density at radius 3 is 2.76 bits per heavy atom. The highest BCUT2D eigenvalue weighted by atomic mass is 35.5. The van der Waals surface area contributed by atoms with Crippen molar-refractivity contribution >= 4 is 23.1 Å². The van der Waals surface area contributed by atoms with Gasteiger partial charge in [-0.15, -0.1) is 0 Å². The van der Waals surface area contributed by atoms with Gasteiger partial charge in [0.25, 0.3) is 5.91 Å². The van der Waals surface area contributed by atoms with Gasteiger partial charge in [0.1, 0.15) is 0 Å². The molecule has 0 unspecified atom stereocenters. The molecule has 0 bridgehead atoms. The SMILES string of the molecule is Cc1c(Cl)cncc1C(=O)N1CC=C(c2ccccc2)C1. The van der Waals surface area contributed by atoms with Crippen LogP contribution in [0.4, 0.5) is 0 Å². The summed E-state index contributed by atoms with van der Waals surface area (Å²) in [6.45, 7) is 3.09. The molecule has 1 aliphatic rings. The highest BCUT2D eigenvalue weighted by molar-refractivity contribution is 6.31. The number of aromatic nitrogens is 1. The van der Waals surface area contributed by atoms with E-state index in [0.717, 1.165) is 11.1 Å². The van der Waals surface area contributed by atoms with E-state index in [1.54, 1.807) is 12.4 Å². The summed E-state index contributed by atoms with van der Waals surface area (Å²) in [6, 6.07) is 10.1. The lowest BCUT2D eigenvalue weighted by Crippen LogP contribution is -2.29. The fraction of sp³-hybridized carbons (Fsp3) is 0.176. The summed E-state index contributed by atoms with van der Waals surface area (Å²) >= 11 is 6.04. The molecule has 0 saturated carbocycles. The molecule has 0 atom stereocenters. The quantitative estimate of drug-likeness (QED) is 0.849. The van der Waals surface area contributed by atoms with E-state index in [4.69, 9.17) is 11.6 Å². The Bertz CT molecular complexity index is 710. The van der Waals surface area contributed by atoms with Gasteiger partial charge < -0.3 is 4.90 Å². The standard InChI is InChI=1S/C17H15ClN2O/c1-12-15(9-19-10-16(12)18)17(21)20-8-7-14(11-20)13-5-3-2-4-6-13/h2-7,9-10H,8,11H2,1H3. The Morgan fingerprint density at radius 2 is 2.00 bits per heavy atom. The molecule has 1 aromatic carbocycles. The Hall–Kier alpha value is -2.13. The molecule has 1 aromatic heterocycles. The number of halogens is 1. The van der Waals surface area contributed by atoms with Crippen LogP contribution in [0.1, 0.15) is 21.5 Å². The van der Waals surface area contributed by atoms with Crippen molar-refractivity contribution in [2.24, 2.45) is 0 Å². The second-order valence-corrected chi connectivity index (χ2v) is 5.48. The number of nitrogens with zero attached hydrogens (tertiary/aromatic N) is 2. The molecule has 0 spiro atoms. The Balaban J connectivity index is 1.79. The summed E-state index contributed by atoms with van der Waals surface area (Å²) in [5.74, 6) is -0.0234. The molecule has 0 N–H and O–H groups in total. The number of pyridine rings is 1. The molecule has 2 heterocycles. The van der Waals surface area contributed by atoms with Crippen molar-refractivity contribution in [1.82, 2.24) is 9.88 Å². The number of benzene rings is 1. The number of carbonyl (C=O) groups excluding carboxylic acids is 1. The van der Waals surface area contributed by atoms with Gasteiger partial charge in [-0.2, -0.15) is 0 Å². The maximum Gasteiger partial charge on any atom is 0.256 e. The van der Waals surface area contributed by atoms with Crippen molar-refractivity contribution in [2.45, 2.75) is 6.92 Å². The molecule has 106 valence electrons. The number of rotatable bonds is 2. The summed E-state index contributed by atoms with van der Waals surface area (Å²) < 4.78 is 0. The van der Waals surface area contributed by atoms with Crippen molar-refractivity contribution in [2.75, 3.05) is 13.1 Å². The fourth-order valence-electron chi connectivity index (χ4n) is 2.46. The first kappa shape index (κ1) is 13.8. The molecule has 4 heteroatoms. The minimum atomic E-state index is -0.0234. The van der Waals surface area contributed by atoms with Gasteiger partial charge in [-0.3, -0.25) is 9.78 Å². The molecule has 3 rings (SSSR count). The minimum Gasteiger partial charge on any atom is -0.331 e. The first-order valence-electron chi connectivity index (χ1n) is 6.80. The minimum absolute atomic E-state index is 0.0234. The molecule has 1 amide bonds. The maximum atomic E-state index is 12.6. The van der Waals surface area contributed by atoms with Gasteiger partial charge in [0, 0.05) is 25.5 Å². The maximum absolute atomic E-state index is 12.6. The highest BCUT2D eigenvalue weighted by Gasteiger charge is 2.23. The second kappa shape index (κ2) is 5.70. The molecule has 2 aromatic rings. The van der Waals surface area contributed by atoms with Crippen molar-refractivity contribution in [3.05, 3.63) is 70.5 Å². The fourth-order valence-corrected chi connectivity index (χ4v) is 2.61. The third kappa shape index (κ3) is 2.69. The smallest absolute Gasteiger partial charge is 0.256 e. The molecule has 0 fully saturated rings. The van der Waals surface area contributed by atoms with E-state index in [9.17, 15) is 4.79 Å². The van der Waals surface area contributed by atoms with Crippen LogP contribution in [0.15, 0.2) is 48.8 Å². The molecule has 1 aliphatic heterocycles. The number of hydrogen-bond acceptors (Lipinski definition) is 2. The van der Waals surface area contributed by atoms with Crippen LogP contribution in [-0.4, -0.2) is 28.9 Å². The molecular weight excluding hydrogens is 284 g/mol. The highest BCUT2D eigenvalue weighted by Crippen LogP contribution is 2.24. The van der Waals surface area contributed by atoms with E-state index < -0.39 is 0 Å². The summed E-state index contributed by atoms with van der Waals surface area (Å²) in [7, 11) is 0. The summed E-state index contributed by atoms with van der Waals surface area (Å²) in [6.07, 6.45) is 5.25. The molecule has 3 nitrogen and oxygen atoms in total. The van der Waals surface area contributed by atoms with Gasteiger partial charge in [-0.05, 0) is 23.6 Å². The Kier molecular flexibility index (Phi) is 3.76. The summed E-state index contributed by atoms with van der Waals surface area (Å²) in [5, 5.41) is 0.524. The molecule has 0 radical (unpaired) electrons. The number of amides is 1. The van der Waals surface area contributed by atoms with E-state index in [-0.39, 0.29) is 5.91 Å². The topological polar surface area (TPSA) is 33.2 Å². The Labute approximate surface area is 128 Å². The Morgan fingerprint density at radius 1 is 1.24 bits per heavy atom. The van der Waals surface area contributed by atoms with Crippen LogP contribution in [-0.2, 0) is 0 Å². The predicted molar refractivity (Wildman–Crippen MR) is 84.3 cm³/mol. The van der Waals surface area contributed by atoms with E-state index in [1.165, 1.54) is 5.57 Å². The third-order valence-corrected chi connectivity index (χ3v) is 4.12. The van der Waals surface area contributed by atoms with Crippen LogP contribution in [0.2, 0.25) is 5.02 Å². The van der Waals surface area contributed by atoms with Crippen molar-refractivity contribution < 1.29 is 4.79 Å². The average molecular weight is 299 g/mol. The lowest BCUT2D eigenvalue weighted by molar-refractivity contribution is 0.0800. The zero-order chi connectivity index (χ0) is 14.8. The van der Waals surface area contributed by atoms with Gasteiger partial charge in [-0.25, -0.2) is 0 Å². The lowest BCUT2D eigenvalue weighted by atomic mass is 10.1. The number of hydrogen-bond donors (Lipinski definition) is 0. The molecule has 21 heavy (non-hydrogen) atoms. The van der Waals surface area contributed by atoms with Crippen LogP contribution in [0, 0.1) is 6.92 Å². The first-order valence-corrected chi connectivity index (χ1v) is 7.18. The van der Waals surface area contributed by atoms with Gasteiger partial charge in [0.2, 0.25) is 0 Å². The van der Waals surface area contributed by atoms with Crippen molar-refractivity contribution in [3.63, 3.8) is 0 Å². The van der Waals surface area contributed by atoms with Crippen LogP contribution in [0.25, 0.3) is 5.57 Å². The summed E-state index contributed by atoms with van der Waals surface area (Å²) in [5.41, 5.74) is 3.69. The van der Waals surface area contributed by atoms with E-state index in [0.29, 0.717) is 23.7 Å². The third-order valence-electron chi connectivity index (χ3n) is 3.74. The van der Waals surface area contributed by atoms with Crippen LogP contribution in [0.5, 0.6) is 0 Å². The van der Waals surface area contributed by atoms with E-state index in [1.807, 2.05) is 30.0 Å². The van der Waals surface area contributed by atoms with Gasteiger partial charge in [-0.1, -0.05) is 48.0 Å². The lowest BCUT2D eigenvalue weighted by Gasteiger charge is -2.18. The van der Waals surface area contributed by atoms with Gasteiger partial charge in [0.05, 0.1) is 10.6 Å². The van der Waals surface area contributed by atoms with Crippen LogP contribution in [0.3, 0.4) is 0 Å². The zero-order valence-electron chi connectivity index (χ0n) is 11.7. The first-order chi connectivity index (χ1) is 10.2. The van der Waals surface area contributed by atoms with Gasteiger partial charge >= 0.3 is 0 Å². The van der Waals surface area contributed by atoms with E-state index in [2.05, 4.69) is 23.2 Å². The largest absolute Gasteiger partial charge is 0.331 e. The second-order valence-electron chi connectivity index (χ2n) is 5.07. The molecule has 0 saturated heterocycles. The molecule has 0 aliphatic carbocycles. The normalized spacial score (nSPS) is 14.2. The van der Waals surface area contributed by atoms with Crippen molar-refractivity contribution in [3.8, 4) is 0 Å². The van der Waals surface area contributed by atoms with Crippen molar-refractivity contribution in [1.29, 1.82) is 0 Å². The van der Waals surface area contributed by atoms with E-state index >= 15 is 0 Å². The summed E-state index contributed by atoms with van der Waals surface area (Å²) in [4.78, 5) is 18.4. The van der Waals surface area contributed by atoms with Gasteiger partial charge in [0.15, 0.2) is 0 Å². The monoisotopic (exact) mass is 298 g/mol. The van der Waals surface area contributed by atoms with Crippen LogP contribution < -0.4 is 0 Å². The predicted octanol–water partition coefficient (Wildman–Crippen LogP) is 3.58. The zero-order valence-corrected chi connectivity index (χ0v) is 12.5.